The fraction of sp³-hybridized carbons (Fsp3) is 0.211. The van der Waals surface area contributed by atoms with Gasteiger partial charge in [0.1, 0.15) is 0 Å². The monoisotopic (exact) mass is 450 g/mol. The number of alkyl halides is 2. The van der Waals surface area contributed by atoms with Crippen molar-refractivity contribution in [2.75, 3.05) is 12.9 Å². The molecule has 7 nitrogen and oxygen atoms in total. The maximum atomic E-state index is 12.4. The number of thiazole rings is 1. The largest absolute Gasteiger partial charge is 0.493 e. The van der Waals surface area contributed by atoms with Gasteiger partial charge < -0.3 is 14.8 Å². The Morgan fingerprint density at radius 2 is 2.07 bits per heavy atom. The van der Waals surface area contributed by atoms with Crippen molar-refractivity contribution in [2.24, 2.45) is 0 Å². The molecule has 0 unspecified atom stereocenters. The first-order chi connectivity index (χ1) is 14.5. The third kappa shape index (κ3) is 4.31. The number of carbonyl (C=O) groups excluding carboxylic acids is 1. The van der Waals surface area contributed by atoms with Gasteiger partial charge in [0.15, 0.2) is 16.7 Å². The number of benzene rings is 2. The van der Waals surface area contributed by atoms with Crippen LogP contribution in [0.2, 0.25) is 0 Å². The zero-order chi connectivity index (χ0) is 21.1. The summed E-state index contributed by atoms with van der Waals surface area (Å²) >= 11 is 2.83. The molecule has 0 saturated heterocycles. The van der Waals surface area contributed by atoms with E-state index in [2.05, 4.69) is 20.3 Å². The fourth-order valence-corrected chi connectivity index (χ4v) is 4.64. The van der Waals surface area contributed by atoms with Crippen LogP contribution in [-0.2, 0) is 11.3 Å². The number of nitrogens with one attached hydrogen (secondary N) is 1. The normalized spacial score (nSPS) is 11.3. The van der Waals surface area contributed by atoms with Crippen molar-refractivity contribution in [3.8, 4) is 11.5 Å². The van der Waals surface area contributed by atoms with Crippen LogP contribution in [0.25, 0.3) is 15.2 Å². The van der Waals surface area contributed by atoms with Crippen molar-refractivity contribution in [1.29, 1.82) is 0 Å². The van der Waals surface area contributed by atoms with E-state index in [-0.39, 0.29) is 29.7 Å². The Hall–Kier alpha value is -2.92. The Kier molecular flexibility index (Phi) is 6.00. The minimum absolute atomic E-state index is 0.0584. The van der Waals surface area contributed by atoms with Gasteiger partial charge in [0.2, 0.25) is 10.9 Å². The molecule has 2 aromatic heterocycles. The maximum Gasteiger partial charge on any atom is 0.387 e. The van der Waals surface area contributed by atoms with Crippen molar-refractivity contribution < 1.29 is 23.0 Å². The van der Waals surface area contributed by atoms with Crippen LogP contribution in [0.5, 0.6) is 11.5 Å². The summed E-state index contributed by atoms with van der Waals surface area (Å²) in [7, 11) is 1.36. The van der Waals surface area contributed by atoms with Crippen LogP contribution in [0, 0.1) is 0 Å². The van der Waals surface area contributed by atoms with E-state index in [1.807, 2.05) is 28.7 Å². The Balaban J connectivity index is 1.37. The Morgan fingerprint density at radius 3 is 2.87 bits per heavy atom. The summed E-state index contributed by atoms with van der Waals surface area (Å²) < 4.78 is 37.3. The second kappa shape index (κ2) is 8.84. The number of aromatic nitrogens is 3. The SMILES string of the molecule is COc1cc(CNC(=O)CSc2nnc3sc4ccccc4n23)ccc1OC(F)F. The molecule has 0 bridgehead atoms. The quantitative estimate of drug-likeness (QED) is 0.410. The van der Waals surface area contributed by atoms with Crippen LogP contribution >= 0.6 is 23.1 Å². The number of thioether (sulfide) groups is 1. The predicted molar refractivity (Wildman–Crippen MR) is 111 cm³/mol. The van der Waals surface area contributed by atoms with E-state index in [1.54, 1.807) is 12.1 Å². The highest BCUT2D eigenvalue weighted by molar-refractivity contribution is 7.99. The molecule has 0 aliphatic carbocycles. The van der Waals surface area contributed by atoms with Gasteiger partial charge in [0.05, 0.1) is 23.1 Å². The highest BCUT2D eigenvalue weighted by Gasteiger charge is 2.15. The van der Waals surface area contributed by atoms with Crippen LogP contribution in [-0.4, -0.2) is 40.0 Å². The van der Waals surface area contributed by atoms with Gasteiger partial charge in [-0.15, -0.1) is 10.2 Å². The number of nitrogens with zero attached hydrogens (tertiary/aromatic N) is 3. The lowest BCUT2D eigenvalue weighted by Gasteiger charge is -2.12. The maximum absolute atomic E-state index is 12.4. The number of rotatable bonds is 8. The Morgan fingerprint density at radius 1 is 1.23 bits per heavy atom. The van der Waals surface area contributed by atoms with E-state index in [9.17, 15) is 13.6 Å². The molecule has 1 amide bonds. The van der Waals surface area contributed by atoms with Crippen LogP contribution in [0.15, 0.2) is 47.6 Å². The van der Waals surface area contributed by atoms with Gasteiger partial charge in [-0.1, -0.05) is 41.3 Å². The van der Waals surface area contributed by atoms with Gasteiger partial charge in [0.25, 0.3) is 0 Å². The minimum atomic E-state index is -2.94. The lowest BCUT2D eigenvalue weighted by atomic mass is 10.2. The Labute approximate surface area is 178 Å². The highest BCUT2D eigenvalue weighted by Crippen LogP contribution is 2.30. The molecule has 0 radical (unpaired) electrons. The van der Waals surface area contributed by atoms with Gasteiger partial charge in [-0.3, -0.25) is 9.20 Å². The van der Waals surface area contributed by atoms with Crippen molar-refractivity contribution in [3.63, 3.8) is 0 Å². The topological polar surface area (TPSA) is 77.8 Å². The summed E-state index contributed by atoms with van der Waals surface area (Å²) in [6.45, 7) is -2.72. The van der Waals surface area contributed by atoms with Gasteiger partial charge >= 0.3 is 6.61 Å². The number of carbonyl (C=O) groups is 1. The molecule has 0 atom stereocenters. The number of fused-ring (bicyclic) bond motifs is 3. The number of hydrogen-bond acceptors (Lipinski definition) is 7. The molecular formula is C19H16F2N4O3S2. The molecule has 0 spiro atoms. The first kappa shape index (κ1) is 20.4. The third-order valence-electron chi connectivity index (χ3n) is 4.18. The smallest absolute Gasteiger partial charge is 0.387 e. The number of ether oxygens (including phenoxy) is 2. The van der Waals surface area contributed by atoms with E-state index >= 15 is 0 Å². The van der Waals surface area contributed by atoms with E-state index in [0.717, 1.165) is 15.2 Å². The zero-order valence-electron chi connectivity index (χ0n) is 15.7. The number of methoxy groups -OCH3 is 1. The average molecular weight is 450 g/mol. The van der Waals surface area contributed by atoms with Crippen molar-refractivity contribution in [2.45, 2.75) is 18.3 Å². The number of amides is 1. The summed E-state index contributed by atoms with van der Waals surface area (Å²) in [6, 6.07) is 12.4. The summed E-state index contributed by atoms with van der Waals surface area (Å²) in [6.07, 6.45) is 0. The van der Waals surface area contributed by atoms with E-state index in [0.29, 0.717) is 10.7 Å². The third-order valence-corrected chi connectivity index (χ3v) is 6.12. The first-order valence-corrected chi connectivity index (χ1v) is 10.6. The lowest BCUT2D eigenvalue weighted by Crippen LogP contribution is -2.24. The molecule has 2 heterocycles. The van der Waals surface area contributed by atoms with Gasteiger partial charge in [-0.25, -0.2) is 0 Å². The molecule has 11 heteroatoms. The average Bonchev–Trinajstić information content (AvgIpc) is 3.30. The molecular weight excluding hydrogens is 434 g/mol. The molecule has 0 aliphatic rings. The minimum Gasteiger partial charge on any atom is -0.493 e. The van der Waals surface area contributed by atoms with E-state index in [1.165, 1.54) is 36.3 Å². The van der Waals surface area contributed by atoms with Crippen LogP contribution < -0.4 is 14.8 Å². The molecule has 30 heavy (non-hydrogen) atoms. The molecule has 0 saturated carbocycles. The van der Waals surface area contributed by atoms with Crippen molar-refractivity contribution >= 4 is 44.2 Å². The molecule has 0 fully saturated rings. The first-order valence-electron chi connectivity index (χ1n) is 8.79. The van der Waals surface area contributed by atoms with Crippen LogP contribution in [0.3, 0.4) is 0 Å². The summed E-state index contributed by atoms with van der Waals surface area (Å²) in [4.78, 5) is 13.0. The predicted octanol–water partition coefficient (Wildman–Crippen LogP) is 3.96. The molecule has 1 N–H and O–H groups in total. The standard InChI is InChI=1S/C19H16F2N4O3S2/c1-27-14-8-11(6-7-13(14)28-17(20)21)9-22-16(26)10-29-18-23-24-19-25(18)12-4-2-3-5-15(12)30-19/h2-8,17H,9-10H2,1H3,(H,22,26). The summed E-state index contributed by atoms with van der Waals surface area (Å²) in [5.74, 6) is 0.0843. The summed E-state index contributed by atoms with van der Waals surface area (Å²) in [5, 5.41) is 11.8. The van der Waals surface area contributed by atoms with E-state index in [4.69, 9.17) is 4.74 Å². The molecule has 156 valence electrons. The van der Waals surface area contributed by atoms with Crippen molar-refractivity contribution in [1.82, 2.24) is 19.9 Å². The molecule has 2 aromatic carbocycles. The van der Waals surface area contributed by atoms with E-state index < -0.39 is 6.61 Å². The zero-order valence-corrected chi connectivity index (χ0v) is 17.3. The lowest BCUT2D eigenvalue weighted by molar-refractivity contribution is -0.118. The number of hydrogen-bond donors (Lipinski definition) is 1. The van der Waals surface area contributed by atoms with Gasteiger partial charge in [-0.05, 0) is 29.8 Å². The van der Waals surface area contributed by atoms with Crippen LogP contribution in [0.4, 0.5) is 8.78 Å². The highest BCUT2D eigenvalue weighted by atomic mass is 32.2. The molecule has 4 aromatic rings. The fourth-order valence-electron chi connectivity index (χ4n) is 2.85. The Bertz CT molecular complexity index is 1200. The second-order valence-corrected chi connectivity index (χ2v) is 8.05. The van der Waals surface area contributed by atoms with Crippen LogP contribution in [0.1, 0.15) is 5.56 Å². The number of para-hydroxylation sites is 1. The van der Waals surface area contributed by atoms with Gasteiger partial charge in [-0.2, -0.15) is 8.78 Å². The molecule has 0 aliphatic heterocycles. The second-order valence-electron chi connectivity index (χ2n) is 6.10. The number of halogens is 2. The van der Waals surface area contributed by atoms with Crippen molar-refractivity contribution in [3.05, 3.63) is 48.0 Å². The van der Waals surface area contributed by atoms with Gasteiger partial charge in [0, 0.05) is 6.54 Å². The molecule has 4 rings (SSSR count). The summed E-state index contributed by atoms with van der Waals surface area (Å²) in [5.41, 5.74) is 1.70.